The molecule has 0 spiro atoms. The molecule has 1 aromatic carbocycles. The Morgan fingerprint density at radius 2 is 2.05 bits per heavy atom. The molecule has 0 aliphatic heterocycles. The molecule has 0 bridgehead atoms. The Balaban J connectivity index is 2.31. The highest BCUT2D eigenvalue weighted by atomic mass is 79.9. The molecule has 1 aromatic heterocycles. The third kappa shape index (κ3) is 2.96. The van der Waals surface area contributed by atoms with Crippen LogP contribution in [0.1, 0.15) is 23.0 Å². The number of carbonyl (C=O) groups excluding carboxylic acids is 1. The number of ether oxygens (including phenoxy) is 1. The minimum atomic E-state index is -0.543. The van der Waals surface area contributed by atoms with Crippen LogP contribution in [0.4, 0.5) is 0 Å². The Morgan fingerprint density at radius 3 is 2.68 bits per heavy atom. The molecule has 0 atom stereocenters. The maximum atomic E-state index is 12.0. The maximum Gasteiger partial charge on any atom is 0.357 e. The summed E-state index contributed by atoms with van der Waals surface area (Å²) in [6, 6.07) is 9.51. The van der Waals surface area contributed by atoms with Crippen LogP contribution in [0, 0.1) is 0 Å². The normalized spacial score (nSPS) is 10.4. The van der Waals surface area contributed by atoms with Crippen LogP contribution in [0.15, 0.2) is 39.6 Å². The summed E-state index contributed by atoms with van der Waals surface area (Å²) in [4.78, 5) is 23.6. The van der Waals surface area contributed by atoms with E-state index >= 15 is 0 Å². The van der Waals surface area contributed by atoms with Gasteiger partial charge in [0, 0.05) is 0 Å². The molecule has 2 rings (SSSR count). The third-order valence-corrected chi connectivity index (χ3v) is 3.30. The number of carbonyl (C=O) groups is 1. The maximum absolute atomic E-state index is 12.0. The summed E-state index contributed by atoms with van der Waals surface area (Å²) in [6.45, 7) is 2.35. The molecule has 0 saturated carbocycles. The molecule has 6 heteroatoms. The van der Waals surface area contributed by atoms with Crippen LogP contribution in [0.3, 0.4) is 0 Å². The molecule has 100 valence electrons. The molecule has 0 aliphatic rings. The van der Waals surface area contributed by atoms with Gasteiger partial charge in [-0.1, -0.05) is 30.3 Å². The van der Waals surface area contributed by atoms with Crippen molar-refractivity contribution in [2.75, 3.05) is 6.61 Å². The summed E-state index contributed by atoms with van der Waals surface area (Å²) in [5.41, 5.74) is 0.823. The van der Waals surface area contributed by atoms with Crippen LogP contribution in [-0.4, -0.2) is 22.4 Å². The van der Waals surface area contributed by atoms with E-state index in [1.807, 2.05) is 30.3 Å². The topological polar surface area (TPSA) is 64.1 Å². The molecule has 1 N–H and O–H groups in total. The number of hydrogen-bond acceptors (Lipinski definition) is 3. The average molecular weight is 325 g/mol. The number of aromatic nitrogens is 2. The van der Waals surface area contributed by atoms with Crippen LogP contribution >= 0.6 is 15.9 Å². The van der Waals surface area contributed by atoms with Gasteiger partial charge in [-0.2, -0.15) is 0 Å². The minimum absolute atomic E-state index is 0.141. The van der Waals surface area contributed by atoms with Gasteiger partial charge in [0.25, 0.3) is 5.56 Å². The molecule has 0 fully saturated rings. The average Bonchev–Trinajstić information content (AvgIpc) is 2.69. The molecular formula is C13H13BrN2O3. The summed E-state index contributed by atoms with van der Waals surface area (Å²) < 4.78 is 6.44. The van der Waals surface area contributed by atoms with Gasteiger partial charge in [0.15, 0.2) is 5.69 Å². The summed E-state index contributed by atoms with van der Waals surface area (Å²) in [6.07, 6.45) is 0. The van der Waals surface area contributed by atoms with Gasteiger partial charge < -0.3 is 4.74 Å². The van der Waals surface area contributed by atoms with E-state index in [-0.39, 0.29) is 22.3 Å². The SMILES string of the molecule is CCOC(=O)c1[nH]n(Cc2ccccc2)c(=O)c1Br. The monoisotopic (exact) mass is 324 g/mol. The number of benzene rings is 1. The predicted molar refractivity (Wildman–Crippen MR) is 74.3 cm³/mol. The fraction of sp³-hybridized carbons (Fsp3) is 0.231. The number of nitrogens with zero attached hydrogens (tertiary/aromatic N) is 1. The summed E-state index contributed by atoms with van der Waals surface area (Å²) in [7, 11) is 0. The van der Waals surface area contributed by atoms with E-state index in [9.17, 15) is 9.59 Å². The first-order chi connectivity index (χ1) is 9.13. The zero-order valence-electron chi connectivity index (χ0n) is 10.4. The fourth-order valence-corrected chi connectivity index (χ4v) is 2.14. The van der Waals surface area contributed by atoms with Gasteiger partial charge in [0.1, 0.15) is 4.47 Å². The van der Waals surface area contributed by atoms with Gasteiger partial charge in [0.2, 0.25) is 0 Å². The fourth-order valence-electron chi connectivity index (χ4n) is 1.68. The van der Waals surface area contributed by atoms with E-state index in [0.29, 0.717) is 6.54 Å². The predicted octanol–water partition coefficient (Wildman–Crippen LogP) is 2.16. The Bertz CT molecular complexity index is 631. The highest BCUT2D eigenvalue weighted by molar-refractivity contribution is 9.10. The third-order valence-electron chi connectivity index (χ3n) is 2.56. The quantitative estimate of drug-likeness (QED) is 0.876. The van der Waals surface area contributed by atoms with Crippen molar-refractivity contribution in [3.05, 3.63) is 56.4 Å². The first kappa shape index (κ1) is 13.6. The Kier molecular flexibility index (Phi) is 4.21. The van der Waals surface area contributed by atoms with Crippen molar-refractivity contribution < 1.29 is 9.53 Å². The zero-order valence-corrected chi connectivity index (χ0v) is 11.9. The first-order valence-corrected chi connectivity index (χ1v) is 6.62. The lowest BCUT2D eigenvalue weighted by Crippen LogP contribution is -2.17. The van der Waals surface area contributed by atoms with Crippen molar-refractivity contribution in [3.63, 3.8) is 0 Å². The molecular weight excluding hydrogens is 312 g/mol. The van der Waals surface area contributed by atoms with Crippen molar-refractivity contribution in [1.82, 2.24) is 9.78 Å². The van der Waals surface area contributed by atoms with E-state index in [0.717, 1.165) is 5.56 Å². The lowest BCUT2D eigenvalue weighted by Gasteiger charge is -2.02. The molecule has 19 heavy (non-hydrogen) atoms. The molecule has 0 amide bonds. The first-order valence-electron chi connectivity index (χ1n) is 5.82. The van der Waals surface area contributed by atoms with Crippen LogP contribution < -0.4 is 5.56 Å². The summed E-state index contributed by atoms with van der Waals surface area (Å²) in [5, 5.41) is 2.77. The van der Waals surface area contributed by atoms with Crippen LogP contribution in [0.2, 0.25) is 0 Å². The number of halogens is 1. The smallest absolute Gasteiger partial charge is 0.357 e. The molecule has 1 heterocycles. The van der Waals surface area contributed by atoms with E-state index in [2.05, 4.69) is 21.0 Å². The van der Waals surface area contributed by atoms with E-state index in [1.54, 1.807) is 6.92 Å². The molecule has 2 aromatic rings. The highest BCUT2D eigenvalue weighted by Crippen LogP contribution is 2.12. The second kappa shape index (κ2) is 5.88. The second-order valence-electron chi connectivity index (χ2n) is 3.90. The zero-order chi connectivity index (χ0) is 13.8. The van der Waals surface area contributed by atoms with Gasteiger partial charge in [-0.05, 0) is 28.4 Å². The number of esters is 1. The van der Waals surface area contributed by atoms with Crippen molar-refractivity contribution in [3.8, 4) is 0 Å². The van der Waals surface area contributed by atoms with Crippen molar-refractivity contribution in [2.45, 2.75) is 13.5 Å². The Labute approximate surface area is 118 Å². The second-order valence-corrected chi connectivity index (χ2v) is 4.69. The van der Waals surface area contributed by atoms with E-state index in [4.69, 9.17) is 4.74 Å². The van der Waals surface area contributed by atoms with Gasteiger partial charge >= 0.3 is 5.97 Å². The number of rotatable bonds is 4. The lowest BCUT2D eigenvalue weighted by atomic mass is 10.2. The molecule has 0 radical (unpaired) electrons. The highest BCUT2D eigenvalue weighted by Gasteiger charge is 2.19. The molecule has 0 aliphatic carbocycles. The number of nitrogens with one attached hydrogen (secondary N) is 1. The van der Waals surface area contributed by atoms with Gasteiger partial charge in [0.05, 0.1) is 13.2 Å². The standard InChI is InChI=1S/C13H13BrN2O3/c1-2-19-13(18)11-10(14)12(17)16(15-11)8-9-6-4-3-5-7-9/h3-7,15H,2,8H2,1H3. The number of aromatic amines is 1. The van der Waals surface area contributed by atoms with Crippen LogP contribution in [0.5, 0.6) is 0 Å². The van der Waals surface area contributed by atoms with Gasteiger partial charge in [-0.3, -0.25) is 9.89 Å². The van der Waals surface area contributed by atoms with Crippen molar-refractivity contribution >= 4 is 21.9 Å². The summed E-state index contributed by atoms with van der Waals surface area (Å²) >= 11 is 3.12. The van der Waals surface area contributed by atoms with E-state index < -0.39 is 5.97 Å². The summed E-state index contributed by atoms with van der Waals surface area (Å²) in [5.74, 6) is -0.543. The molecule has 0 saturated heterocycles. The van der Waals surface area contributed by atoms with Crippen LogP contribution in [0.25, 0.3) is 0 Å². The van der Waals surface area contributed by atoms with Gasteiger partial charge in [-0.15, -0.1) is 0 Å². The largest absolute Gasteiger partial charge is 0.461 e. The molecule has 5 nitrogen and oxygen atoms in total. The lowest BCUT2D eigenvalue weighted by molar-refractivity contribution is 0.0517. The van der Waals surface area contributed by atoms with E-state index in [1.165, 1.54) is 4.68 Å². The van der Waals surface area contributed by atoms with Crippen LogP contribution in [-0.2, 0) is 11.3 Å². The van der Waals surface area contributed by atoms with Crippen molar-refractivity contribution in [2.24, 2.45) is 0 Å². The molecule has 0 unspecified atom stereocenters. The van der Waals surface area contributed by atoms with Gasteiger partial charge in [-0.25, -0.2) is 9.48 Å². The number of H-pyrrole nitrogens is 1. The van der Waals surface area contributed by atoms with Crippen molar-refractivity contribution in [1.29, 1.82) is 0 Å². The number of hydrogen-bond donors (Lipinski definition) is 1. The Morgan fingerprint density at radius 1 is 1.37 bits per heavy atom. The Hall–Kier alpha value is -1.82. The minimum Gasteiger partial charge on any atom is -0.461 e.